The summed E-state index contributed by atoms with van der Waals surface area (Å²) in [5, 5.41) is 0.656. The van der Waals surface area contributed by atoms with Crippen LogP contribution in [-0.2, 0) is 0 Å². The molecule has 2 N–H and O–H groups in total. The predicted octanol–water partition coefficient (Wildman–Crippen LogP) is 3.08. The molecule has 3 nitrogen and oxygen atoms in total. The number of ether oxygens (including phenoxy) is 1. The van der Waals surface area contributed by atoms with Crippen LogP contribution in [0.5, 0.6) is 5.75 Å². The number of hydrogen-bond donors (Lipinski definition) is 1. The van der Waals surface area contributed by atoms with Gasteiger partial charge in [-0.1, -0.05) is 24.6 Å². The van der Waals surface area contributed by atoms with Crippen LogP contribution in [-0.4, -0.2) is 31.6 Å². The minimum atomic E-state index is 0.260. The van der Waals surface area contributed by atoms with Crippen molar-refractivity contribution < 1.29 is 4.74 Å². The van der Waals surface area contributed by atoms with Crippen molar-refractivity contribution in [1.29, 1.82) is 0 Å². The van der Waals surface area contributed by atoms with E-state index < -0.39 is 0 Å². The van der Waals surface area contributed by atoms with Gasteiger partial charge in [-0.15, -0.1) is 0 Å². The van der Waals surface area contributed by atoms with E-state index in [1.165, 1.54) is 18.4 Å². The summed E-state index contributed by atoms with van der Waals surface area (Å²) in [6.45, 7) is 5.18. The van der Waals surface area contributed by atoms with Gasteiger partial charge >= 0.3 is 0 Å². The highest BCUT2D eigenvalue weighted by atomic mass is 35.5. The smallest absolute Gasteiger partial charge is 0.137 e. The highest BCUT2D eigenvalue weighted by Gasteiger charge is 2.24. The Bertz CT molecular complexity index is 417. The van der Waals surface area contributed by atoms with Crippen LogP contribution in [0.25, 0.3) is 0 Å². The summed E-state index contributed by atoms with van der Waals surface area (Å²) in [7, 11) is 1.63. The molecular formula is C15H23ClN2O. The molecule has 4 heteroatoms. The van der Waals surface area contributed by atoms with E-state index in [0.717, 1.165) is 19.0 Å². The number of hydrogen-bond acceptors (Lipinski definition) is 3. The number of benzene rings is 1. The zero-order chi connectivity index (χ0) is 13.8. The van der Waals surface area contributed by atoms with E-state index in [2.05, 4.69) is 17.9 Å². The van der Waals surface area contributed by atoms with Crippen LogP contribution in [0.15, 0.2) is 18.2 Å². The lowest BCUT2D eigenvalue weighted by Gasteiger charge is -2.36. The average molecular weight is 283 g/mol. The second-order valence-corrected chi connectivity index (χ2v) is 5.77. The molecule has 0 bridgehead atoms. The summed E-state index contributed by atoms with van der Waals surface area (Å²) in [4.78, 5) is 2.47. The lowest BCUT2D eigenvalue weighted by Crippen LogP contribution is -2.39. The minimum Gasteiger partial charge on any atom is -0.495 e. The van der Waals surface area contributed by atoms with Crippen LogP contribution >= 0.6 is 11.6 Å². The Kier molecular flexibility index (Phi) is 5.08. The molecule has 1 aliphatic heterocycles. The third-order valence-corrected chi connectivity index (χ3v) is 4.34. The SMILES string of the molecule is COc1ccc(C(CN)N2CCC(C)CC2)cc1Cl. The summed E-state index contributed by atoms with van der Waals surface area (Å²) in [5.41, 5.74) is 7.16. The number of nitrogens with zero attached hydrogens (tertiary/aromatic N) is 1. The van der Waals surface area contributed by atoms with Crippen molar-refractivity contribution in [3.63, 3.8) is 0 Å². The van der Waals surface area contributed by atoms with Gasteiger partial charge in [0.2, 0.25) is 0 Å². The molecule has 1 saturated heterocycles. The van der Waals surface area contributed by atoms with Crippen molar-refractivity contribution in [2.24, 2.45) is 11.7 Å². The van der Waals surface area contributed by atoms with Gasteiger partial charge in [-0.05, 0) is 49.5 Å². The molecule has 0 amide bonds. The third-order valence-electron chi connectivity index (χ3n) is 4.04. The van der Waals surface area contributed by atoms with Gasteiger partial charge in [0.25, 0.3) is 0 Å². The molecule has 19 heavy (non-hydrogen) atoms. The number of halogens is 1. The lowest BCUT2D eigenvalue weighted by molar-refractivity contribution is 0.141. The summed E-state index contributed by atoms with van der Waals surface area (Å²) >= 11 is 6.21. The zero-order valence-electron chi connectivity index (χ0n) is 11.7. The Morgan fingerprint density at radius 2 is 2.11 bits per heavy atom. The van der Waals surface area contributed by atoms with Gasteiger partial charge in [0.1, 0.15) is 5.75 Å². The van der Waals surface area contributed by atoms with E-state index in [4.69, 9.17) is 22.1 Å². The highest BCUT2D eigenvalue weighted by Crippen LogP contribution is 2.31. The van der Waals surface area contributed by atoms with Gasteiger partial charge in [0, 0.05) is 12.6 Å². The molecule has 1 fully saturated rings. The van der Waals surface area contributed by atoms with Crippen LogP contribution in [0.2, 0.25) is 5.02 Å². The average Bonchev–Trinajstić information content (AvgIpc) is 2.42. The summed E-state index contributed by atoms with van der Waals surface area (Å²) in [5.74, 6) is 1.54. The molecule has 0 saturated carbocycles. The van der Waals surface area contributed by atoms with Gasteiger partial charge in [0.15, 0.2) is 0 Å². The van der Waals surface area contributed by atoms with Gasteiger partial charge < -0.3 is 10.5 Å². The third kappa shape index (κ3) is 3.41. The van der Waals surface area contributed by atoms with Crippen molar-refractivity contribution in [1.82, 2.24) is 4.90 Å². The topological polar surface area (TPSA) is 38.5 Å². The number of likely N-dealkylation sites (tertiary alicyclic amines) is 1. The first kappa shape index (κ1) is 14.6. The van der Waals surface area contributed by atoms with Crippen LogP contribution in [0.3, 0.4) is 0 Å². The van der Waals surface area contributed by atoms with Crippen LogP contribution in [0, 0.1) is 5.92 Å². The predicted molar refractivity (Wildman–Crippen MR) is 79.8 cm³/mol. The zero-order valence-corrected chi connectivity index (χ0v) is 12.5. The van der Waals surface area contributed by atoms with Crippen molar-refractivity contribution in [3.05, 3.63) is 28.8 Å². The van der Waals surface area contributed by atoms with Crippen molar-refractivity contribution >= 4 is 11.6 Å². The van der Waals surface area contributed by atoms with Crippen LogP contribution in [0.4, 0.5) is 0 Å². The second kappa shape index (κ2) is 6.60. The van der Waals surface area contributed by atoms with Crippen LogP contribution in [0.1, 0.15) is 31.4 Å². The number of methoxy groups -OCH3 is 1. The molecule has 106 valence electrons. The number of nitrogens with two attached hydrogens (primary N) is 1. The van der Waals surface area contributed by atoms with E-state index in [-0.39, 0.29) is 6.04 Å². The van der Waals surface area contributed by atoms with Gasteiger partial charge in [0.05, 0.1) is 12.1 Å². The minimum absolute atomic E-state index is 0.260. The quantitative estimate of drug-likeness (QED) is 0.922. The van der Waals surface area contributed by atoms with Crippen molar-refractivity contribution in [2.75, 3.05) is 26.7 Å². The van der Waals surface area contributed by atoms with Crippen molar-refractivity contribution in [2.45, 2.75) is 25.8 Å². The van der Waals surface area contributed by atoms with E-state index in [1.807, 2.05) is 12.1 Å². The summed E-state index contributed by atoms with van der Waals surface area (Å²) < 4.78 is 5.20. The summed E-state index contributed by atoms with van der Waals surface area (Å²) in [6, 6.07) is 6.24. The van der Waals surface area contributed by atoms with E-state index in [0.29, 0.717) is 17.3 Å². The fourth-order valence-electron chi connectivity index (χ4n) is 2.73. The maximum atomic E-state index is 6.21. The van der Waals surface area contributed by atoms with Gasteiger partial charge in [-0.25, -0.2) is 0 Å². The molecule has 1 unspecified atom stereocenters. The molecule has 0 aliphatic carbocycles. The molecule has 0 radical (unpaired) electrons. The fourth-order valence-corrected chi connectivity index (χ4v) is 2.99. The number of piperidine rings is 1. The normalized spacial score (nSPS) is 19.4. The highest BCUT2D eigenvalue weighted by molar-refractivity contribution is 6.32. The Morgan fingerprint density at radius 1 is 1.42 bits per heavy atom. The maximum absolute atomic E-state index is 6.21. The molecule has 1 aromatic carbocycles. The fraction of sp³-hybridized carbons (Fsp3) is 0.600. The molecule has 0 aromatic heterocycles. The molecule has 0 spiro atoms. The van der Waals surface area contributed by atoms with Crippen molar-refractivity contribution in [3.8, 4) is 5.75 Å². The first-order valence-corrected chi connectivity index (χ1v) is 7.31. The maximum Gasteiger partial charge on any atom is 0.137 e. The molecular weight excluding hydrogens is 260 g/mol. The molecule has 2 rings (SSSR count). The number of rotatable bonds is 4. The van der Waals surface area contributed by atoms with E-state index in [1.54, 1.807) is 7.11 Å². The Morgan fingerprint density at radius 3 is 2.63 bits per heavy atom. The Balaban J connectivity index is 2.15. The Hall–Kier alpha value is -0.770. The van der Waals surface area contributed by atoms with Gasteiger partial charge in [-0.3, -0.25) is 4.90 Å². The van der Waals surface area contributed by atoms with E-state index >= 15 is 0 Å². The monoisotopic (exact) mass is 282 g/mol. The second-order valence-electron chi connectivity index (χ2n) is 5.36. The van der Waals surface area contributed by atoms with E-state index in [9.17, 15) is 0 Å². The standard InChI is InChI=1S/C15H23ClN2O/c1-11-5-7-18(8-6-11)14(10-17)12-3-4-15(19-2)13(16)9-12/h3-4,9,11,14H,5-8,10,17H2,1-2H3. The van der Waals surface area contributed by atoms with Gasteiger partial charge in [-0.2, -0.15) is 0 Å². The molecule has 1 atom stereocenters. The summed E-state index contributed by atoms with van der Waals surface area (Å²) in [6.07, 6.45) is 2.50. The largest absolute Gasteiger partial charge is 0.495 e. The first-order chi connectivity index (χ1) is 9.15. The first-order valence-electron chi connectivity index (χ1n) is 6.93. The molecule has 1 aromatic rings. The van der Waals surface area contributed by atoms with Crippen LogP contribution < -0.4 is 10.5 Å². The molecule has 1 aliphatic rings. The molecule has 1 heterocycles. The Labute approximate surface area is 120 Å². The lowest BCUT2D eigenvalue weighted by atomic mass is 9.96.